The van der Waals surface area contributed by atoms with E-state index in [4.69, 9.17) is 4.65 Å². The van der Waals surface area contributed by atoms with Crippen LogP contribution in [0.4, 0.5) is 0 Å². The van der Waals surface area contributed by atoms with Crippen LogP contribution in [0.5, 0.6) is 0 Å². The van der Waals surface area contributed by atoms with Gasteiger partial charge in [0.25, 0.3) is 0 Å². The summed E-state index contributed by atoms with van der Waals surface area (Å²) < 4.78 is 6.32. The molecule has 0 spiro atoms. The van der Waals surface area contributed by atoms with Gasteiger partial charge in [0.1, 0.15) is 0 Å². The van der Waals surface area contributed by atoms with Crippen LogP contribution in [0.15, 0.2) is 11.8 Å². The molecular weight excluding hydrogens is 243 g/mol. The SMILES string of the molecule is CCCCB(CCCC)OC1=CCC(C(C)(C)C)CC1. The molecule has 0 aromatic carbocycles. The van der Waals surface area contributed by atoms with Crippen molar-refractivity contribution >= 4 is 6.92 Å². The first-order chi connectivity index (χ1) is 9.47. The molecule has 1 atom stereocenters. The van der Waals surface area contributed by atoms with Crippen LogP contribution >= 0.6 is 0 Å². The summed E-state index contributed by atoms with van der Waals surface area (Å²) in [6.45, 7) is 12.1. The maximum Gasteiger partial charge on any atom is 0.357 e. The monoisotopic (exact) mass is 278 g/mol. The fraction of sp³-hybridized carbons (Fsp3) is 0.889. The van der Waals surface area contributed by atoms with Crippen LogP contribution in [-0.4, -0.2) is 6.92 Å². The highest BCUT2D eigenvalue weighted by molar-refractivity contribution is 6.52. The van der Waals surface area contributed by atoms with Crippen LogP contribution in [0.3, 0.4) is 0 Å². The van der Waals surface area contributed by atoms with Gasteiger partial charge in [0.2, 0.25) is 0 Å². The second kappa shape index (κ2) is 8.80. The van der Waals surface area contributed by atoms with E-state index in [1.165, 1.54) is 56.9 Å². The Kier molecular flexibility index (Phi) is 7.76. The molecule has 0 aromatic rings. The zero-order valence-corrected chi connectivity index (χ0v) is 14.5. The Morgan fingerprint density at radius 2 is 1.75 bits per heavy atom. The van der Waals surface area contributed by atoms with Crippen molar-refractivity contribution in [3.63, 3.8) is 0 Å². The minimum atomic E-state index is 0.436. The first-order valence-electron chi connectivity index (χ1n) is 8.83. The summed E-state index contributed by atoms with van der Waals surface area (Å²) >= 11 is 0. The molecule has 1 aliphatic rings. The van der Waals surface area contributed by atoms with Gasteiger partial charge in [-0.3, -0.25) is 0 Å². The fourth-order valence-electron chi connectivity index (χ4n) is 3.04. The minimum Gasteiger partial charge on any atom is -0.564 e. The molecular formula is C18H35BO. The van der Waals surface area contributed by atoms with E-state index in [9.17, 15) is 0 Å². The van der Waals surface area contributed by atoms with Crippen molar-refractivity contribution in [1.82, 2.24) is 0 Å². The zero-order chi connectivity index (χ0) is 15.0. The Labute approximate surface area is 127 Å². The van der Waals surface area contributed by atoms with Crippen LogP contribution in [0, 0.1) is 11.3 Å². The van der Waals surface area contributed by atoms with Crippen molar-refractivity contribution in [2.75, 3.05) is 0 Å². The van der Waals surface area contributed by atoms with Crippen LogP contribution in [0.25, 0.3) is 0 Å². The van der Waals surface area contributed by atoms with Gasteiger partial charge in [-0.05, 0) is 42.9 Å². The van der Waals surface area contributed by atoms with E-state index >= 15 is 0 Å². The number of allylic oxidation sites excluding steroid dienone is 2. The van der Waals surface area contributed by atoms with E-state index in [-0.39, 0.29) is 0 Å². The van der Waals surface area contributed by atoms with Crippen molar-refractivity contribution in [3.8, 4) is 0 Å². The standard InChI is InChI=1S/C18H35BO/c1-6-8-14-19(15-9-7-2)20-17-12-10-16(11-13-17)18(3,4)5/h12,16H,6-11,13-15H2,1-5H3. The molecule has 0 fully saturated rings. The first kappa shape index (κ1) is 17.7. The Hall–Kier alpha value is -0.395. The topological polar surface area (TPSA) is 9.23 Å². The summed E-state index contributed by atoms with van der Waals surface area (Å²) in [5.74, 6) is 2.10. The number of unbranched alkanes of at least 4 members (excludes halogenated alkanes) is 2. The summed E-state index contributed by atoms with van der Waals surface area (Å²) in [6, 6.07) is 0. The molecule has 0 aliphatic heterocycles. The zero-order valence-electron chi connectivity index (χ0n) is 14.5. The molecule has 1 rings (SSSR count). The highest BCUT2D eigenvalue weighted by Crippen LogP contribution is 2.37. The van der Waals surface area contributed by atoms with E-state index in [1.54, 1.807) is 0 Å². The van der Waals surface area contributed by atoms with Crippen LogP contribution < -0.4 is 0 Å². The lowest BCUT2D eigenvalue weighted by molar-refractivity contribution is 0.206. The number of hydrogen-bond acceptors (Lipinski definition) is 1. The van der Waals surface area contributed by atoms with Crippen molar-refractivity contribution < 1.29 is 4.65 Å². The summed E-state index contributed by atoms with van der Waals surface area (Å²) in [6.07, 6.45) is 13.6. The average molecular weight is 278 g/mol. The molecule has 0 saturated heterocycles. The van der Waals surface area contributed by atoms with Crippen molar-refractivity contribution in [1.29, 1.82) is 0 Å². The van der Waals surface area contributed by atoms with Gasteiger partial charge in [0, 0.05) is 6.42 Å². The molecule has 116 valence electrons. The van der Waals surface area contributed by atoms with E-state index in [0.717, 1.165) is 12.3 Å². The molecule has 0 aromatic heterocycles. The third kappa shape index (κ3) is 6.37. The average Bonchev–Trinajstić information content (AvgIpc) is 2.41. The second-order valence-corrected chi connectivity index (χ2v) is 7.53. The largest absolute Gasteiger partial charge is 0.564 e. The highest BCUT2D eigenvalue weighted by Gasteiger charge is 2.27. The summed E-state index contributed by atoms with van der Waals surface area (Å²) in [5, 5.41) is 0. The van der Waals surface area contributed by atoms with Crippen molar-refractivity contribution in [2.45, 2.75) is 92.2 Å². The third-order valence-corrected chi connectivity index (χ3v) is 4.67. The Bertz CT molecular complexity index is 282. The molecule has 0 N–H and O–H groups in total. The van der Waals surface area contributed by atoms with Gasteiger partial charge >= 0.3 is 6.92 Å². The lowest BCUT2D eigenvalue weighted by atomic mass is 9.59. The van der Waals surface area contributed by atoms with Gasteiger partial charge < -0.3 is 4.65 Å². The maximum absolute atomic E-state index is 6.32. The van der Waals surface area contributed by atoms with Gasteiger partial charge in [0.05, 0.1) is 5.76 Å². The van der Waals surface area contributed by atoms with Gasteiger partial charge in [-0.2, -0.15) is 0 Å². The second-order valence-electron chi connectivity index (χ2n) is 7.53. The van der Waals surface area contributed by atoms with E-state index in [1.807, 2.05) is 0 Å². The number of hydrogen-bond donors (Lipinski definition) is 0. The molecule has 2 heteroatoms. The maximum atomic E-state index is 6.32. The molecule has 0 heterocycles. The van der Waals surface area contributed by atoms with Crippen molar-refractivity contribution in [2.24, 2.45) is 11.3 Å². The Morgan fingerprint density at radius 3 is 2.15 bits per heavy atom. The van der Waals surface area contributed by atoms with Crippen LogP contribution in [-0.2, 0) is 4.65 Å². The molecule has 0 amide bonds. The van der Waals surface area contributed by atoms with Gasteiger partial charge in [0.15, 0.2) is 0 Å². The third-order valence-electron chi connectivity index (χ3n) is 4.67. The molecule has 1 aliphatic carbocycles. The first-order valence-corrected chi connectivity index (χ1v) is 8.83. The lowest BCUT2D eigenvalue weighted by Crippen LogP contribution is -2.24. The van der Waals surface area contributed by atoms with Gasteiger partial charge in [-0.15, -0.1) is 0 Å². The molecule has 20 heavy (non-hydrogen) atoms. The quantitative estimate of drug-likeness (QED) is 0.472. The van der Waals surface area contributed by atoms with Gasteiger partial charge in [-0.25, -0.2) is 0 Å². The normalized spacial score (nSPS) is 19.6. The van der Waals surface area contributed by atoms with Crippen LogP contribution in [0.1, 0.15) is 79.6 Å². The molecule has 0 bridgehead atoms. The van der Waals surface area contributed by atoms with E-state index in [2.05, 4.69) is 40.7 Å². The molecule has 0 radical (unpaired) electrons. The number of rotatable bonds is 8. The minimum absolute atomic E-state index is 0.436. The lowest BCUT2D eigenvalue weighted by Gasteiger charge is -2.33. The Balaban J connectivity index is 2.46. The smallest absolute Gasteiger partial charge is 0.357 e. The molecule has 0 saturated carbocycles. The summed E-state index contributed by atoms with van der Waals surface area (Å²) in [4.78, 5) is 0. The fourth-order valence-corrected chi connectivity index (χ4v) is 3.04. The van der Waals surface area contributed by atoms with Gasteiger partial charge in [-0.1, -0.05) is 60.3 Å². The summed E-state index contributed by atoms with van der Waals surface area (Å²) in [7, 11) is 0. The van der Waals surface area contributed by atoms with E-state index < -0.39 is 0 Å². The predicted molar refractivity (Wildman–Crippen MR) is 91.1 cm³/mol. The predicted octanol–water partition coefficient (Wildman–Crippen LogP) is 6.32. The molecule has 1 nitrogen and oxygen atoms in total. The van der Waals surface area contributed by atoms with Crippen LogP contribution in [0.2, 0.25) is 12.6 Å². The highest BCUT2D eigenvalue weighted by atomic mass is 16.4. The van der Waals surface area contributed by atoms with E-state index in [0.29, 0.717) is 12.3 Å². The summed E-state index contributed by atoms with van der Waals surface area (Å²) in [5.41, 5.74) is 0.436. The van der Waals surface area contributed by atoms with Crippen molar-refractivity contribution in [3.05, 3.63) is 11.8 Å². The Morgan fingerprint density at radius 1 is 1.15 bits per heavy atom. The molecule has 1 unspecified atom stereocenters.